The average Bonchev–Trinajstić information content (AvgIpc) is 2.76. The first-order chi connectivity index (χ1) is 9.65. The van der Waals surface area contributed by atoms with E-state index in [-0.39, 0.29) is 0 Å². The van der Waals surface area contributed by atoms with Crippen LogP contribution in [0.1, 0.15) is 23.2 Å². The molecule has 4 heteroatoms. The van der Waals surface area contributed by atoms with Crippen molar-refractivity contribution in [3.05, 3.63) is 59.7 Å². The minimum atomic E-state index is -0.563. The number of aromatic nitrogens is 3. The Morgan fingerprint density at radius 3 is 2.80 bits per heavy atom. The number of pyridine rings is 1. The molecule has 102 valence electrons. The fourth-order valence-electron chi connectivity index (χ4n) is 2.44. The maximum Gasteiger partial charge on any atom is 0.112 e. The quantitative estimate of drug-likeness (QED) is 0.793. The molecular formula is C16H17N3O. The highest BCUT2D eigenvalue weighted by atomic mass is 16.3. The van der Waals surface area contributed by atoms with Gasteiger partial charge >= 0.3 is 0 Å². The van der Waals surface area contributed by atoms with Crippen LogP contribution >= 0.6 is 0 Å². The summed E-state index contributed by atoms with van der Waals surface area (Å²) in [6, 6.07) is 11.8. The summed E-state index contributed by atoms with van der Waals surface area (Å²) >= 11 is 0. The van der Waals surface area contributed by atoms with Crippen molar-refractivity contribution in [3.8, 4) is 0 Å². The Labute approximate surface area is 117 Å². The topological polar surface area (TPSA) is 50.9 Å². The van der Waals surface area contributed by atoms with Crippen molar-refractivity contribution in [1.29, 1.82) is 0 Å². The van der Waals surface area contributed by atoms with Gasteiger partial charge in [-0.3, -0.25) is 4.98 Å². The van der Waals surface area contributed by atoms with Gasteiger partial charge in [0.05, 0.1) is 17.1 Å². The molecule has 2 heterocycles. The van der Waals surface area contributed by atoms with Crippen LogP contribution in [0.5, 0.6) is 0 Å². The van der Waals surface area contributed by atoms with E-state index in [1.165, 1.54) is 0 Å². The lowest BCUT2D eigenvalue weighted by Gasteiger charge is -2.11. The summed E-state index contributed by atoms with van der Waals surface area (Å²) in [6.07, 6.45) is 1.66. The lowest BCUT2D eigenvalue weighted by atomic mass is 10.1. The highest BCUT2D eigenvalue weighted by molar-refractivity contribution is 5.75. The summed E-state index contributed by atoms with van der Waals surface area (Å²) in [5.74, 6) is 0.883. The monoisotopic (exact) mass is 267 g/mol. The molecule has 4 nitrogen and oxygen atoms in total. The third-order valence-corrected chi connectivity index (χ3v) is 3.56. The van der Waals surface area contributed by atoms with Crippen LogP contribution < -0.4 is 0 Å². The molecular weight excluding hydrogens is 250 g/mol. The van der Waals surface area contributed by atoms with Crippen molar-refractivity contribution in [2.75, 3.05) is 0 Å². The molecule has 0 spiro atoms. The summed E-state index contributed by atoms with van der Waals surface area (Å²) in [5, 5.41) is 10.4. The highest BCUT2D eigenvalue weighted by Gasteiger charge is 2.14. The molecule has 3 aromatic rings. The molecule has 2 aromatic heterocycles. The molecule has 3 rings (SSSR count). The molecule has 0 fully saturated rings. The molecule has 1 N–H and O–H groups in total. The maximum atomic E-state index is 10.4. The van der Waals surface area contributed by atoms with E-state index in [9.17, 15) is 5.11 Å². The first kappa shape index (κ1) is 12.8. The van der Waals surface area contributed by atoms with Gasteiger partial charge in [0, 0.05) is 25.4 Å². The summed E-state index contributed by atoms with van der Waals surface area (Å²) in [4.78, 5) is 8.74. The molecule has 0 aliphatic carbocycles. The van der Waals surface area contributed by atoms with Crippen molar-refractivity contribution in [2.45, 2.75) is 19.4 Å². The van der Waals surface area contributed by atoms with Gasteiger partial charge in [0.15, 0.2) is 0 Å². The summed E-state index contributed by atoms with van der Waals surface area (Å²) in [7, 11) is 1.98. The van der Waals surface area contributed by atoms with E-state index >= 15 is 0 Å². The number of hydrogen-bond acceptors (Lipinski definition) is 3. The number of hydrogen-bond donors (Lipinski definition) is 1. The Bertz CT molecular complexity index is 748. The van der Waals surface area contributed by atoms with E-state index in [1.54, 1.807) is 6.20 Å². The first-order valence-corrected chi connectivity index (χ1v) is 6.66. The number of aliphatic hydroxyl groups is 1. The molecule has 20 heavy (non-hydrogen) atoms. The van der Waals surface area contributed by atoms with E-state index in [4.69, 9.17) is 0 Å². The van der Waals surface area contributed by atoms with Crippen LogP contribution in [0, 0.1) is 6.92 Å². The van der Waals surface area contributed by atoms with Crippen LogP contribution in [0.15, 0.2) is 42.6 Å². The third kappa shape index (κ3) is 2.30. The van der Waals surface area contributed by atoms with Gasteiger partial charge in [0.25, 0.3) is 0 Å². The van der Waals surface area contributed by atoms with Gasteiger partial charge in [-0.1, -0.05) is 12.1 Å². The number of aryl methyl sites for hydroxylation is 2. The zero-order valence-corrected chi connectivity index (χ0v) is 11.6. The third-order valence-electron chi connectivity index (χ3n) is 3.56. The Hall–Kier alpha value is -2.20. The van der Waals surface area contributed by atoms with Crippen LogP contribution in [0.25, 0.3) is 11.0 Å². The van der Waals surface area contributed by atoms with Crippen LogP contribution in [0.4, 0.5) is 0 Å². The van der Waals surface area contributed by atoms with Gasteiger partial charge in [-0.05, 0) is 36.8 Å². The summed E-state index contributed by atoms with van der Waals surface area (Å²) in [6.45, 7) is 1.92. The predicted molar refractivity (Wildman–Crippen MR) is 78.4 cm³/mol. The lowest BCUT2D eigenvalue weighted by molar-refractivity contribution is 0.175. The standard InChI is InChI=1S/C16H17N3O/c1-11-9-12(7-8-17-11)15(20)10-16-18-13-5-3-4-6-14(13)19(16)2/h3-9,15,20H,10H2,1-2H3. The number of para-hydroxylation sites is 2. The number of fused-ring (bicyclic) bond motifs is 1. The Morgan fingerprint density at radius 1 is 1.25 bits per heavy atom. The van der Waals surface area contributed by atoms with Gasteiger partial charge in [-0.2, -0.15) is 0 Å². The highest BCUT2D eigenvalue weighted by Crippen LogP contribution is 2.21. The number of benzene rings is 1. The molecule has 0 saturated heterocycles. The molecule has 0 bridgehead atoms. The average molecular weight is 267 g/mol. The van der Waals surface area contributed by atoms with E-state index < -0.39 is 6.10 Å². The van der Waals surface area contributed by atoms with Crippen molar-refractivity contribution >= 4 is 11.0 Å². The Balaban J connectivity index is 1.91. The molecule has 0 saturated carbocycles. The van der Waals surface area contributed by atoms with E-state index in [1.807, 2.05) is 54.9 Å². The Morgan fingerprint density at radius 2 is 2.05 bits per heavy atom. The zero-order valence-electron chi connectivity index (χ0n) is 11.6. The van der Waals surface area contributed by atoms with E-state index in [2.05, 4.69) is 9.97 Å². The summed E-state index contributed by atoms with van der Waals surface area (Å²) in [5.41, 5.74) is 3.83. The van der Waals surface area contributed by atoms with Crippen molar-refractivity contribution in [3.63, 3.8) is 0 Å². The zero-order chi connectivity index (χ0) is 14.1. The van der Waals surface area contributed by atoms with Gasteiger partial charge < -0.3 is 9.67 Å². The van der Waals surface area contributed by atoms with Gasteiger partial charge in [-0.25, -0.2) is 4.98 Å². The fraction of sp³-hybridized carbons (Fsp3) is 0.250. The van der Waals surface area contributed by atoms with Gasteiger partial charge in [0.2, 0.25) is 0 Å². The van der Waals surface area contributed by atoms with Crippen LogP contribution in [-0.4, -0.2) is 19.6 Å². The molecule has 0 aliphatic rings. The maximum absolute atomic E-state index is 10.4. The van der Waals surface area contributed by atoms with Crippen LogP contribution in [0.3, 0.4) is 0 Å². The first-order valence-electron chi connectivity index (χ1n) is 6.66. The molecule has 0 radical (unpaired) electrons. The molecule has 1 aromatic carbocycles. The van der Waals surface area contributed by atoms with Crippen molar-refractivity contribution < 1.29 is 5.11 Å². The minimum absolute atomic E-state index is 0.495. The molecule has 1 atom stereocenters. The number of aliphatic hydroxyl groups excluding tert-OH is 1. The van der Waals surface area contributed by atoms with Crippen LogP contribution in [-0.2, 0) is 13.5 Å². The molecule has 0 amide bonds. The van der Waals surface area contributed by atoms with Gasteiger partial charge in [0.1, 0.15) is 5.82 Å². The number of rotatable bonds is 3. The van der Waals surface area contributed by atoms with Gasteiger partial charge in [-0.15, -0.1) is 0 Å². The fourth-order valence-corrected chi connectivity index (χ4v) is 2.44. The second-order valence-electron chi connectivity index (χ2n) is 5.03. The van der Waals surface area contributed by atoms with E-state index in [0.717, 1.165) is 28.1 Å². The number of imidazole rings is 1. The number of nitrogens with zero attached hydrogens (tertiary/aromatic N) is 3. The minimum Gasteiger partial charge on any atom is -0.388 e. The predicted octanol–water partition coefficient (Wildman–Crippen LogP) is 2.55. The molecule has 1 unspecified atom stereocenters. The normalized spacial score (nSPS) is 12.8. The Kier molecular flexibility index (Phi) is 3.24. The lowest BCUT2D eigenvalue weighted by Crippen LogP contribution is -2.07. The second kappa shape index (κ2) is 5.06. The largest absolute Gasteiger partial charge is 0.388 e. The van der Waals surface area contributed by atoms with Crippen LogP contribution in [0.2, 0.25) is 0 Å². The SMILES string of the molecule is Cc1cc(C(O)Cc2nc3ccccc3n2C)ccn1. The van der Waals surface area contributed by atoms with Crippen molar-refractivity contribution in [1.82, 2.24) is 14.5 Å². The molecule has 0 aliphatic heterocycles. The summed E-state index contributed by atoms with van der Waals surface area (Å²) < 4.78 is 2.03. The second-order valence-corrected chi connectivity index (χ2v) is 5.03. The van der Waals surface area contributed by atoms with Crippen molar-refractivity contribution in [2.24, 2.45) is 7.05 Å². The van der Waals surface area contributed by atoms with E-state index in [0.29, 0.717) is 6.42 Å². The smallest absolute Gasteiger partial charge is 0.112 e.